The predicted molar refractivity (Wildman–Crippen MR) is 98.5 cm³/mol. The maximum Gasteiger partial charge on any atom is 0.271 e. The zero-order valence-electron chi connectivity index (χ0n) is 15.5. The van der Waals surface area contributed by atoms with E-state index in [1.165, 1.54) is 19.0 Å². The normalized spacial score (nSPS) is 15.5. The third-order valence-electron chi connectivity index (χ3n) is 4.64. The van der Waals surface area contributed by atoms with Gasteiger partial charge in [-0.2, -0.15) is 0 Å². The SMILES string of the molecule is COc1cc(C(C)NC(=O)c2cnc(C)cn2)ccc1OC1CCCC1. The van der Waals surface area contributed by atoms with Crippen molar-refractivity contribution >= 4 is 5.91 Å². The van der Waals surface area contributed by atoms with Crippen molar-refractivity contribution in [2.24, 2.45) is 0 Å². The van der Waals surface area contributed by atoms with Crippen LogP contribution in [0.3, 0.4) is 0 Å². The number of benzene rings is 1. The summed E-state index contributed by atoms with van der Waals surface area (Å²) in [5.41, 5.74) is 2.02. The first-order valence-electron chi connectivity index (χ1n) is 9.01. The van der Waals surface area contributed by atoms with Crippen molar-refractivity contribution in [3.8, 4) is 11.5 Å². The molecular formula is C20H25N3O3. The first-order chi connectivity index (χ1) is 12.6. The Hall–Kier alpha value is -2.63. The Labute approximate surface area is 154 Å². The molecule has 1 heterocycles. The molecule has 0 bridgehead atoms. The van der Waals surface area contributed by atoms with Gasteiger partial charge in [-0.05, 0) is 57.2 Å². The molecule has 1 atom stereocenters. The number of aryl methyl sites for hydroxylation is 1. The van der Waals surface area contributed by atoms with E-state index in [0.717, 1.165) is 29.8 Å². The molecule has 6 nitrogen and oxygen atoms in total. The summed E-state index contributed by atoms with van der Waals surface area (Å²) >= 11 is 0. The third kappa shape index (κ3) is 4.31. The van der Waals surface area contributed by atoms with E-state index in [9.17, 15) is 4.79 Å². The number of aromatic nitrogens is 2. The van der Waals surface area contributed by atoms with Crippen molar-refractivity contribution < 1.29 is 14.3 Å². The van der Waals surface area contributed by atoms with Crippen molar-refractivity contribution in [1.82, 2.24) is 15.3 Å². The van der Waals surface area contributed by atoms with Crippen molar-refractivity contribution in [2.75, 3.05) is 7.11 Å². The minimum absolute atomic E-state index is 0.194. The average molecular weight is 355 g/mol. The Bertz CT molecular complexity index is 755. The van der Waals surface area contributed by atoms with Crippen LogP contribution in [0.15, 0.2) is 30.6 Å². The lowest BCUT2D eigenvalue weighted by Crippen LogP contribution is -2.27. The number of nitrogens with zero attached hydrogens (tertiary/aromatic N) is 2. The zero-order valence-corrected chi connectivity index (χ0v) is 15.5. The molecule has 1 fully saturated rings. The topological polar surface area (TPSA) is 73.3 Å². The molecule has 6 heteroatoms. The average Bonchev–Trinajstić information content (AvgIpc) is 3.15. The van der Waals surface area contributed by atoms with Crippen LogP contribution < -0.4 is 14.8 Å². The second-order valence-electron chi connectivity index (χ2n) is 6.67. The first kappa shape index (κ1) is 18.2. The Morgan fingerprint density at radius 1 is 1.19 bits per heavy atom. The molecule has 1 aliphatic rings. The molecule has 0 saturated heterocycles. The van der Waals surface area contributed by atoms with Crippen molar-refractivity contribution in [1.29, 1.82) is 0 Å². The van der Waals surface area contributed by atoms with Crippen LogP contribution in [0.4, 0.5) is 0 Å². The molecule has 0 aliphatic heterocycles. The number of hydrogen-bond acceptors (Lipinski definition) is 5. The number of nitrogens with one attached hydrogen (secondary N) is 1. The molecule has 1 saturated carbocycles. The molecule has 138 valence electrons. The quantitative estimate of drug-likeness (QED) is 0.857. The van der Waals surface area contributed by atoms with Crippen molar-refractivity contribution in [3.05, 3.63) is 47.5 Å². The van der Waals surface area contributed by atoms with Crippen LogP contribution in [0.1, 0.15) is 60.4 Å². The number of amides is 1. The van der Waals surface area contributed by atoms with Crippen molar-refractivity contribution in [2.45, 2.75) is 51.7 Å². The Morgan fingerprint density at radius 3 is 2.62 bits per heavy atom. The molecule has 2 aromatic rings. The largest absolute Gasteiger partial charge is 0.493 e. The van der Waals surface area contributed by atoms with Gasteiger partial charge in [-0.3, -0.25) is 9.78 Å². The van der Waals surface area contributed by atoms with Gasteiger partial charge < -0.3 is 14.8 Å². The molecule has 1 aromatic heterocycles. The monoisotopic (exact) mass is 355 g/mol. The van der Waals surface area contributed by atoms with Crippen molar-refractivity contribution in [3.63, 3.8) is 0 Å². The van der Waals surface area contributed by atoms with Gasteiger partial charge in [-0.1, -0.05) is 6.07 Å². The van der Waals surface area contributed by atoms with Crippen LogP contribution in [0.2, 0.25) is 0 Å². The fourth-order valence-corrected chi connectivity index (χ4v) is 3.10. The zero-order chi connectivity index (χ0) is 18.5. The van der Waals surface area contributed by atoms with E-state index >= 15 is 0 Å². The van der Waals surface area contributed by atoms with E-state index in [4.69, 9.17) is 9.47 Å². The summed E-state index contributed by atoms with van der Waals surface area (Å²) in [5, 5.41) is 2.94. The van der Waals surface area contributed by atoms with Crippen LogP contribution >= 0.6 is 0 Å². The van der Waals surface area contributed by atoms with E-state index in [2.05, 4.69) is 15.3 Å². The number of rotatable bonds is 6. The second-order valence-corrected chi connectivity index (χ2v) is 6.67. The van der Waals surface area contributed by atoms with Gasteiger partial charge in [0.2, 0.25) is 0 Å². The third-order valence-corrected chi connectivity index (χ3v) is 4.64. The first-order valence-corrected chi connectivity index (χ1v) is 9.01. The maximum absolute atomic E-state index is 12.3. The molecular weight excluding hydrogens is 330 g/mol. The fourth-order valence-electron chi connectivity index (χ4n) is 3.10. The Morgan fingerprint density at radius 2 is 1.96 bits per heavy atom. The number of ether oxygens (including phenoxy) is 2. The molecule has 1 aromatic carbocycles. The second kappa shape index (κ2) is 8.17. The minimum atomic E-state index is -0.254. The Balaban J connectivity index is 1.69. The number of carbonyl (C=O) groups excluding carboxylic acids is 1. The Kier molecular flexibility index (Phi) is 5.71. The molecule has 1 unspecified atom stereocenters. The van der Waals surface area contributed by atoms with Gasteiger partial charge in [0.05, 0.1) is 31.1 Å². The highest BCUT2D eigenvalue weighted by Gasteiger charge is 2.20. The molecule has 1 aliphatic carbocycles. The minimum Gasteiger partial charge on any atom is -0.493 e. The smallest absolute Gasteiger partial charge is 0.271 e. The summed E-state index contributed by atoms with van der Waals surface area (Å²) in [5.74, 6) is 1.19. The summed E-state index contributed by atoms with van der Waals surface area (Å²) < 4.78 is 11.6. The molecule has 1 amide bonds. The van der Waals surface area contributed by atoms with E-state index in [1.54, 1.807) is 13.3 Å². The lowest BCUT2D eigenvalue weighted by Gasteiger charge is -2.19. The lowest BCUT2D eigenvalue weighted by atomic mass is 10.1. The van der Waals surface area contributed by atoms with Gasteiger partial charge in [0.25, 0.3) is 5.91 Å². The summed E-state index contributed by atoms with van der Waals surface area (Å²) in [7, 11) is 1.63. The molecule has 0 radical (unpaired) electrons. The number of hydrogen-bond donors (Lipinski definition) is 1. The van der Waals surface area contributed by atoms with E-state index in [1.807, 2.05) is 32.0 Å². The van der Waals surface area contributed by atoms with E-state index in [0.29, 0.717) is 11.4 Å². The molecule has 1 N–H and O–H groups in total. The van der Waals surface area contributed by atoms with E-state index < -0.39 is 0 Å². The van der Waals surface area contributed by atoms with Gasteiger partial charge in [-0.15, -0.1) is 0 Å². The van der Waals surface area contributed by atoms with Crippen LogP contribution in [0, 0.1) is 6.92 Å². The molecule has 0 spiro atoms. The standard InChI is InChI=1S/C20H25N3O3/c1-13-11-22-17(12-21-13)20(24)23-14(2)15-8-9-18(19(10-15)25-3)26-16-6-4-5-7-16/h8-12,14,16H,4-7H2,1-3H3,(H,23,24). The summed E-state index contributed by atoms with van der Waals surface area (Å²) in [6.07, 6.45) is 7.96. The van der Waals surface area contributed by atoms with Crippen LogP contribution in [-0.4, -0.2) is 29.1 Å². The lowest BCUT2D eigenvalue weighted by molar-refractivity contribution is 0.0934. The van der Waals surface area contributed by atoms with Gasteiger partial charge in [-0.25, -0.2) is 4.98 Å². The van der Waals surface area contributed by atoms with Gasteiger partial charge in [0, 0.05) is 6.20 Å². The highest BCUT2D eigenvalue weighted by Crippen LogP contribution is 2.33. The number of carbonyl (C=O) groups is 1. The van der Waals surface area contributed by atoms with Gasteiger partial charge in [0.1, 0.15) is 5.69 Å². The summed E-state index contributed by atoms with van der Waals surface area (Å²) in [4.78, 5) is 20.5. The highest BCUT2D eigenvalue weighted by molar-refractivity contribution is 5.92. The predicted octanol–water partition coefficient (Wildman–Crippen LogP) is 3.61. The fraction of sp³-hybridized carbons (Fsp3) is 0.450. The van der Waals surface area contributed by atoms with Gasteiger partial charge in [0.15, 0.2) is 11.5 Å². The molecule has 3 rings (SSSR count). The molecule has 26 heavy (non-hydrogen) atoms. The van der Waals surface area contributed by atoms with Gasteiger partial charge >= 0.3 is 0 Å². The van der Waals surface area contributed by atoms with E-state index in [-0.39, 0.29) is 18.1 Å². The van der Waals surface area contributed by atoms with Crippen LogP contribution in [0.5, 0.6) is 11.5 Å². The number of methoxy groups -OCH3 is 1. The highest BCUT2D eigenvalue weighted by atomic mass is 16.5. The summed E-state index contributed by atoms with van der Waals surface area (Å²) in [6, 6.07) is 5.59. The summed E-state index contributed by atoms with van der Waals surface area (Å²) in [6.45, 7) is 3.75. The maximum atomic E-state index is 12.3. The van der Waals surface area contributed by atoms with Crippen LogP contribution in [0.25, 0.3) is 0 Å². The van der Waals surface area contributed by atoms with Crippen LogP contribution in [-0.2, 0) is 0 Å².